The fraction of sp³-hybridized carbons (Fsp3) is 0.259. The maximum absolute atomic E-state index is 14.0. The van der Waals surface area contributed by atoms with E-state index in [-0.39, 0.29) is 34.7 Å². The summed E-state index contributed by atoms with van der Waals surface area (Å²) in [5.41, 5.74) is 2.03. The first-order valence-electron chi connectivity index (χ1n) is 11.9. The van der Waals surface area contributed by atoms with E-state index in [2.05, 4.69) is 15.7 Å². The number of amides is 2. The van der Waals surface area contributed by atoms with Crippen molar-refractivity contribution in [2.75, 3.05) is 14.2 Å². The van der Waals surface area contributed by atoms with Crippen molar-refractivity contribution >= 4 is 17.8 Å². The number of benzene rings is 2. The minimum absolute atomic E-state index is 0.00977. The Balaban J connectivity index is 1.85. The average Bonchev–Trinajstić information content (AvgIpc) is 2.87. The Bertz CT molecular complexity index is 1330. The molecule has 2 N–H and O–H groups in total. The third-order valence-corrected chi connectivity index (χ3v) is 5.62. The molecule has 2 aromatic carbocycles. The highest BCUT2D eigenvalue weighted by molar-refractivity contribution is 5.99. The fourth-order valence-corrected chi connectivity index (χ4v) is 3.81. The molecular weight excluding hydrogens is 536 g/mol. The van der Waals surface area contributed by atoms with Crippen LogP contribution in [0.4, 0.5) is 17.6 Å². The number of hydrazine groups is 1. The molecule has 0 saturated carbocycles. The second kappa shape index (κ2) is 13.0. The smallest absolute Gasteiger partial charge is 0.311 e. The summed E-state index contributed by atoms with van der Waals surface area (Å²) in [5, 5.41) is 3.50. The van der Waals surface area contributed by atoms with Crippen LogP contribution in [0.15, 0.2) is 48.7 Å². The van der Waals surface area contributed by atoms with E-state index < -0.39 is 53.1 Å². The number of nitrogens with one attached hydrogen (secondary N) is 2. The Morgan fingerprint density at radius 3 is 1.95 bits per heavy atom. The summed E-state index contributed by atoms with van der Waals surface area (Å²) in [5.74, 6) is -6.27. The van der Waals surface area contributed by atoms with Crippen LogP contribution in [0, 0.1) is 23.3 Å². The van der Waals surface area contributed by atoms with Crippen molar-refractivity contribution in [3.63, 3.8) is 0 Å². The summed E-state index contributed by atoms with van der Waals surface area (Å²) < 4.78 is 66.4. The largest absolute Gasteiger partial charge is 0.493 e. The highest BCUT2D eigenvalue weighted by Crippen LogP contribution is 2.31. The molecule has 3 aromatic rings. The molecule has 9 nitrogen and oxygen atoms in total. The normalized spacial score (nSPS) is 11.8. The van der Waals surface area contributed by atoms with Crippen LogP contribution in [0.1, 0.15) is 47.9 Å². The van der Waals surface area contributed by atoms with Crippen LogP contribution >= 0.6 is 0 Å². The quantitative estimate of drug-likeness (QED) is 0.220. The zero-order valence-electron chi connectivity index (χ0n) is 21.9. The van der Waals surface area contributed by atoms with Gasteiger partial charge in [0.05, 0.1) is 13.2 Å². The molecule has 0 bridgehead atoms. The van der Waals surface area contributed by atoms with Crippen LogP contribution in [-0.2, 0) is 9.59 Å². The van der Waals surface area contributed by atoms with Crippen molar-refractivity contribution in [2.45, 2.75) is 32.4 Å². The summed E-state index contributed by atoms with van der Waals surface area (Å²) in [7, 11) is 2.62. The van der Waals surface area contributed by atoms with E-state index in [9.17, 15) is 31.9 Å². The summed E-state index contributed by atoms with van der Waals surface area (Å²) in [6.45, 7) is 2.88. The van der Waals surface area contributed by atoms with Crippen LogP contribution in [0.25, 0.3) is 0 Å². The third-order valence-electron chi connectivity index (χ3n) is 5.62. The number of ether oxygens (including phenoxy) is 2. The first kappa shape index (κ1) is 30.0. The molecule has 0 saturated heterocycles. The Morgan fingerprint density at radius 1 is 0.950 bits per heavy atom. The van der Waals surface area contributed by atoms with E-state index in [1.807, 2.05) is 0 Å². The molecule has 40 heavy (non-hydrogen) atoms. The third kappa shape index (κ3) is 7.32. The van der Waals surface area contributed by atoms with Crippen molar-refractivity contribution in [2.24, 2.45) is 0 Å². The lowest BCUT2D eigenvalue weighted by atomic mass is 9.97. The molecule has 0 spiro atoms. The molecule has 0 fully saturated rings. The lowest BCUT2D eigenvalue weighted by Gasteiger charge is -2.30. The van der Waals surface area contributed by atoms with Crippen LogP contribution in [0.3, 0.4) is 0 Å². The van der Waals surface area contributed by atoms with Crippen molar-refractivity contribution in [3.05, 3.63) is 88.8 Å². The monoisotopic (exact) mass is 562 g/mol. The van der Waals surface area contributed by atoms with Gasteiger partial charge in [0, 0.05) is 37.9 Å². The predicted octanol–water partition coefficient (Wildman–Crippen LogP) is 3.83. The van der Waals surface area contributed by atoms with E-state index >= 15 is 0 Å². The van der Waals surface area contributed by atoms with Crippen LogP contribution < -0.4 is 20.2 Å². The van der Waals surface area contributed by atoms with Crippen molar-refractivity contribution in [1.82, 2.24) is 20.7 Å². The molecule has 1 aromatic heterocycles. The van der Waals surface area contributed by atoms with Gasteiger partial charge in [-0.1, -0.05) is 6.92 Å². The maximum Gasteiger partial charge on any atom is 0.311 e. The van der Waals surface area contributed by atoms with Gasteiger partial charge in [-0.05, 0) is 42.3 Å². The number of methoxy groups -OCH3 is 1. The molecule has 0 aliphatic heterocycles. The van der Waals surface area contributed by atoms with Gasteiger partial charge in [-0.3, -0.25) is 19.8 Å². The molecular formula is C27H26F4N4O5. The topological polar surface area (TPSA) is 110 Å². The van der Waals surface area contributed by atoms with E-state index in [0.717, 1.165) is 29.3 Å². The summed E-state index contributed by atoms with van der Waals surface area (Å²) in [6, 6.07) is 3.99. The van der Waals surface area contributed by atoms with E-state index in [4.69, 9.17) is 9.47 Å². The molecule has 0 aliphatic rings. The minimum atomic E-state index is -1.23. The maximum atomic E-state index is 14.0. The molecule has 0 radical (unpaired) electrons. The van der Waals surface area contributed by atoms with Gasteiger partial charge in [0.15, 0.2) is 11.4 Å². The van der Waals surface area contributed by atoms with E-state index in [1.165, 1.54) is 33.3 Å². The SMILES string of the molecule is CCC(=O)Oc1c(OC)ccnc1C(=O)N[C@@H](C)C(=O)NN(C)C(c1cc(F)cc(F)c1)c1cc(F)cc(F)c1. The van der Waals surface area contributed by atoms with Crippen LogP contribution in [0.5, 0.6) is 11.5 Å². The second-order valence-corrected chi connectivity index (χ2v) is 8.61. The molecule has 212 valence electrons. The fourth-order valence-electron chi connectivity index (χ4n) is 3.81. The first-order valence-corrected chi connectivity index (χ1v) is 11.9. The molecule has 3 rings (SSSR count). The number of halogens is 4. The van der Waals surface area contributed by atoms with Crippen LogP contribution in [0.2, 0.25) is 0 Å². The minimum Gasteiger partial charge on any atom is -0.493 e. The Kier molecular flexibility index (Phi) is 9.78. The Hall–Kier alpha value is -4.52. The van der Waals surface area contributed by atoms with E-state index in [0.29, 0.717) is 12.1 Å². The first-order chi connectivity index (χ1) is 18.9. The van der Waals surface area contributed by atoms with Gasteiger partial charge in [-0.25, -0.2) is 27.6 Å². The molecule has 0 aliphatic carbocycles. The van der Waals surface area contributed by atoms with Gasteiger partial charge in [0.1, 0.15) is 29.3 Å². The predicted molar refractivity (Wildman–Crippen MR) is 134 cm³/mol. The molecule has 1 heterocycles. The zero-order chi connectivity index (χ0) is 29.6. The number of carbonyl (C=O) groups is 3. The second-order valence-electron chi connectivity index (χ2n) is 8.61. The summed E-state index contributed by atoms with van der Waals surface area (Å²) in [4.78, 5) is 41.7. The number of hydrogen-bond acceptors (Lipinski definition) is 7. The summed E-state index contributed by atoms with van der Waals surface area (Å²) in [6.07, 6.45) is 1.26. The standard InChI is InChI=1S/C27H26F4N4O5/c1-5-22(36)40-25-21(39-4)6-7-32-23(25)27(38)33-14(2)26(37)34-35(3)24(15-8-17(28)12-18(29)9-15)16-10-19(30)13-20(31)11-16/h6-14,24H,5H2,1-4H3,(H,33,38)(H,34,37)/t14-/m0/s1. The molecule has 2 amide bonds. The van der Waals surface area contributed by atoms with Gasteiger partial charge in [-0.2, -0.15) is 0 Å². The van der Waals surface area contributed by atoms with Gasteiger partial charge < -0.3 is 14.8 Å². The highest BCUT2D eigenvalue weighted by atomic mass is 19.1. The molecule has 0 unspecified atom stereocenters. The van der Waals surface area contributed by atoms with Gasteiger partial charge in [-0.15, -0.1) is 0 Å². The number of pyridine rings is 1. The highest BCUT2D eigenvalue weighted by Gasteiger charge is 2.28. The Morgan fingerprint density at radius 2 is 1.48 bits per heavy atom. The number of rotatable bonds is 10. The Labute approximate surface area is 227 Å². The van der Waals surface area contributed by atoms with Gasteiger partial charge in [0.25, 0.3) is 11.8 Å². The lowest BCUT2D eigenvalue weighted by molar-refractivity contribution is -0.134. The zero-order valence-corrected chi connectivity index (χ0v) is 21.9. The average molecular weight is 563 g/mol. The number of carbonyl (C=O) groups excluding carboxylic acids is 3. The lowest BCUT2D eigenvalue weighted by Crippen LogP contribution is -2.51. The van der Waals surface area contributed by atoms with Gasteiger partial charge in [0.2, 0.25) is 5.75 Å². The van der Waals surface area contributed by atoms with Crippen molar-refractivity contribution < 1.29 is 41.4 Å². The van der Waals surface area contributed by atoms with E-state index in [1.54, 1.807) is 6.92 Å². The molecule has 13 heteroatoms. The molecule has 1 atom stereocenters. The van der Waals surface area contributed by atoms with Crippen LogP contribution in [-0.4, -0.2) is 48.0 Å². The van der Waals surface area contributed by atoms with Crippen molar-refractivity contribution in [1.29, 1.82) is 0 Å². The number of aromatic nitrogens is 1. The number of nitrogens with zero attached hydrogens (tertiary/aromatic N) is 2. The number of hydrogen-bond donors (Lipinski definition) is 2. The van der Waals surface area contributed by atoms with Crippen molar-refractivity contribution in [3.8, 4) is 11.5 Å². The summed E-state index contributed by atoms with van der Waals surface area (Å²) >= 11 is 0. The number of esters is 1. The van der Waals surface area contributed by atoms with Gasteiger partial charge >= 0.3 is 5.97 Å².